The van der Waals surface area contributed by atoms with Crippen molar-refractivity contribution in [3.63, 3.8) is 0 Å². The minimum atomic E-state index is -0.0633. The van der Waals surface area contributed by atoms with Crippen LogP contribution in [0.5, 0.6) is 0 Å². The fraction of sp³-hybridized carbons (Fsp3) is 0.571. The first-order valence-corrected chi connectivity index (χ1v) is 7.26. The summed E-state index contributed by atoms with van der Waals surface area (Å²) in [5, 5.41) is 8.04. The highest BCUT2D eigenvalue weighted by atomic mass is 16.5. The molecule has 1 saturated heterocycles. The van der Waals surface area contributed by atoms with Gasteiger partial charge in [0.05, 0.1) is 12.5 Å². The average molecular weight is 289 g/mol. The number of aromatic nitrogens is 4. The Labute approximate surface area is 122 Å². The molecule has 0 saturated carbocycles. The van der Waals surface area contributed by atoms with Crippen molar-refractivity contribution in [3.8, 4) is 0 Å². The van der Waals surface area contributed by atoms with Crippen LogP contribution in [0.25, 0.3) is 0 Å². The van der Waals surface area contributed by atoms with E-state index in [1.807, 2.05) is 24.1 Å². The maximum absolute atomic E-state index is 12.5. The zero-order chi connectivity index (χ0) is 14.7. The topological polar surface area (TPSA) is 77.0 Å². The van der Waals surface area contributed by atoms with Crippen LogP contribution >= 0.6 is 0 Å². The lowest BCUT2D eigenvalue weighted by Crippen LogP contribution is -2.41. The van der Waals surface area contributed by atoms with E-state index in [1.165, 1.54) is 6.39 Å². The summed E-state index contributed by atoms with van der Waals surface area (Å²) >= 11 is 0. The van der Waals surface area contributed by atoms with E-state index in [-0.39, 0.29) is 11.8 Å². The minimum Gasteiger partial charge on any atom is -0.343 e. The lowest BCUT2D eigenvalue weighted by atomic mass is 9.95. The molecule has 3 rings (SSSR count). The van der Waals surface area contributed by atoms with Gasteiger partial charge < -0.3 is 9.42 Å². The molecule has 0 N–H and O–H groups in total. The molecule has 1 aliphatic rings. The molecule has 0 radical (unpaired) electrons. The number of hydrogen-bond donors (Lipinski definition) is 0. The van der Waals surface area contributed by atoms with E-state index in [2.05, 4.69) is 15.2 Å². The van der Waals surface area contributed by atoms with Gasteiger partial charge >= 0.3 is 0 Å². The molecule has 2 aromatic rings. The largest absolute Gasteiger partial charge is 0.343 e. The van der Waals surface area contributed by atoms with E-state index in [0.29, 0.717) is 12.5 Å². The van der Waals surface area contributed by atoms with Crippen molar-refractivity contribution in [3.05, 3.63) is 30.7 Å². The standard InChI is InChI=1S/C14H19N5O2/c1-11(9-19-6-2-5-16-19)14(20)18-7-3-12(4-8-18)13-15-10-21-17-13/h2,5-6,10-12H,3-4,7-9H2,1H3/t11-/m1/s1. The van der Waals surface area contributed by atoms with Gasteiger partial charge in [-0.3, -0.25) is 9.48 Å². The smallest absolute Gasteiger partial charge is 0.227 e. The Hall–Kier alpha value is -2.18. The summed E-state index contributed by atoms with van der Waals surface area (Å²) in [6, 6.07) is 1.87. The Morgan fingerprint density at radius 3 is 2.90 bits per heavy atom. The summed E-state index contributed by atoms with van der Waals surface area (Å²) < 4.78 is 6.59. The van der Waals surface area contributed by atoms with Crippen LogP contribution in [0, 0.1) is 5.92 Å². The summed E-state index contributed by atoms with van der Waals surface area (Å²) in [5.74, 6) is 1.18. The normalized spacial score (nSPS) is 17.9. The molecule has 1 aliphatic heterocycles. The second-order valence-electron chi connectivity index (χ2n) is 5.52. The van der Waals surface area contributed by atoms with E-state index in [1.54, 1.807) is 10.9 Å². The molecule has 0 aliphatic carbocycles. The van der Waals surface area contributed by atoms with Crippen LogP contribution in [0.1, 0.15) is 31.5 Å². The first-order valence-electron chi connectivity index (χ1n) is 7.26. The Bertz CT molecular complexity index is 558. The van der Waals surface area contributed by atoms with Gasteiger partial charge in [0.15, 0.2) is 5.82 Å². The number of piperidine rings is 1. The first-order chi connectivity index (χ1) is 10.2. The molecule has 7 heteroatoms. The number of hydrogen-bond acceptors (Lipinski definition) is 5. The van der Waals surface area contributed by atoms with E-state index in [9.17, 15) is 4.79 Å². The van der Waals surface area contributed by atoms with E-state index >= 15 is 0 Å². The zero-order valence-corrected chi connectivity index (χ0v) is 12.1. The van der Waals surface area contributed by atoms with E-state index < -0.39 is 0 Å². The van der Waals surface area contributed by atoms with Crippen molar-refractivity contribution in [1.29, 1.82) is 0 Å². The fourth-order valence-corrected chi connectivity index (χ4v) is 2.80. The SMILES string of the molecule is C[C@H](Cn1cccn1)C(=O)N1CCC(c2ncon2)CC1. The Balaban J connectivity index is 1.52. The van der Waals surface area contributed by atoms with Crippen molar-refractivity contribution < 1.29 is 9.32 Å². The van der Waals surface area contributed by atoms with Crippen LogP contribution < -0.4 is 0 Å². The number of carbonyl (C=O) groups is 1. The predicted molar refractivity (Wildman–Crippen MR) is 74.2 cm³/mol. The molecule has 0 unspecified atom stereocenters. The van der Waals surface area contributed by atoms with Gasteiger partial charge in [-0.25, -0.2) is 0 Å². The van der Waals surface area contributed by atoms with Gasteiger partial charge in [-0.2, -0.15) is 10.1 Å². The van der Waals surface area contributed by atoms with Gasteiger partial charge in [-0.15, -0.1) is 0 Å². The van der Waals surface area contributed by atoms with E-state index in [4.69, 9.17) is 4.52 Å². The summed E-state index contributed by atoms with van der Waals surface area (Å²) in [4.78, 5) is 18.5. The second-order valence-corrected chi connectivity index (χ2v) is 5.52. The number of likely N-dealkylation sites (tertiary alicyclic amines) is 1. The van der Waals surface area contributed by atoms with Gasteiger partial charge in [0.25, 0.3) is 0 Å². The van der Waals surface area contributed by atoms with Crippen LogP contribution in [0.2, 0.25) is 0 Å². The molecule has 2 aromatic heterocycles. The Kier molecular flexibility index (Phi) is 3.98. The van der Waals surface area contributed by atoms with Crippen LogP contribution in [0.3, 0.4) is 0 Å². The molecule has 0 aromatic carbocycles. The number of nitrogens with zero attached hydrogens (tertiary/aromatic N) is 5. The number of rotatable bonds is 4. The fourth-order valence-electron chi connectivity index (χ4n) is 2.80. The van der Waals surface area contributed by atoms with Crippen LogP contribution in [0.4, 0.5) is 0 Å². The summed E-state index contributed by atoms with van der Waals surface area (Å²) in [7, 11) is 0. The molecular weight excluding hydrogens is 270 g/mol. The zero-order valence-electron chi connectivity index (χ0n) is 12.1. The molecule has 0 spiro atoms. The highest BCUT2D eigenvalue weighted by molar-refractivity contribution is 5.78. The second kappa shape index (κ2) is 6.07. The quantitative estimate of drug-likeness (QED) is 0.848. The average Bonchev–Trinajstić information content (AvgIpc) is 3.20. The third kappa shape index (κ3) is 3.12. The third-order valence-corrected chi connectivity index (χ3v) is 3.99. The number of carbonyl (C=O) groups excluding carboxylic acids is 1. The van der Waals surface area contributed by atoms with Gasteiger partial charge in [-0.05, 0) is 18.9 Å². The van der Waals surface area contributed by atoms with Crippen molar-refractivity contribution in [2.45, 2.75) is 32.2 Å². The molecule has 3 heterocycles. The summed E-state index contributed by atoms with van der Waals surface area (Å²) in [6.45, 7) is 4.08. The molecular formula is C14H19N5O2. The van der Waals surface area contributed by atoms with Crippen LogP contribution in [0.15, 0.2) is 29.4 Å². The van der Waals surface area contributed by atoms with Gasteiger partial charge in [0.1, 0.15) is 0 Å². The predicted octanol–water partition coefficient (Wildman–Crippen LogP) is 1.31. The lowest BCUT2D eigenvalue weighted by Gasteiger charge is -2.32. The molecule has 0 bridgehead atoms. The molecule has 1 amide bonds. The highest BCUT2D eigenvalue weighted by Crippen LogP contribution is 2.26. The van der Waals surface area contributed by atoms with Crippen molar-refractivity contribution in [2.75, 3.05) is 13.1 Å². The van der Waals surface area contributed by atoms with Crippen molar-refractivity contribution >= 4 is 5.91 Å². The molecule has 7 nitrogen and oxygen atoms in total. The first kappa shape index (κ1) is 13.8. The molecule has 1 atom stereocenters. The molecule has 1 fully saturated rings. The molecule has 112 valence electrons. The number of amides is 1. The Morgan fingerprint density at radius 1 is 1.48 bits per heavy atom. The minimum absolute atomic E-state index is 0.0633. The molecule has 21 heavy (non-hydrogen) atoms. The van der Waals surface area contributed by atoms with E-state index in [0.717, 1.165) is 31.8 Å². The lowest BCUT2D eigenvalue weighted by molar-refractivity contribution is -0.136. The van der Waals surface area contributed by atoms with Gasteiger partial charge in [0, 0.05) is 31.4 Å². The van der Waals surface area contributed by atoms with Gasteiger partial charge in [-0.1, -0.05) is 12.1 Å². The summed E-state index contributed by atoms with van der Waals surface area (Å²) in [6.07, 6.45) is 6.75. The van der Waals surface area contributed by atoms with Crippen molar-refractivity contribution in [1.82, 2.24) is 24.8 Å². The monoisotopic (exact) mass is 289 g/mol. The Morgan fingerprint density at radius 2 is 2.29 bits per heavy atom. The maximum atomic E-state index is 12.5. The highest BCUT2D eigenvalue weighted by Gasteiger charge is 2.28. The van der Waals surface area contributed by atoms with Gasteiger partial charge in [0.2, 0.25) is 12.3 Å². The van der Waals surface area contributed by atoms with Crippen molar-refractivity contribution in [2.24, 2.45) is 5.92 Å². The third-order valence-electron chi connectivity index (χ3n) is 3.99. The van der Waals surface area contributed by atoms with Crippen LogP contribution in [-0.4, -0.2) is 43.8 Å². The summed E-state index contributed by atoms with van der Waals surface area (Å²) in [5.41, 5.74) is 0. The van der Waals surface area contributed by atoms with Crippen LogP contribution in [-0.2, 0) is 11.3 Å². The maximum Gasteiger partial charge on any atom is 0.227 e.